The van der Waals surface area contributed by atoms with Gasteiger partial charge >= 0.3 is 0 Å². The lowest BCUT2D eigenvalue weighted by Gasteiger charge is -2.18. The molecule has 0 aliphatic rings. The Balaban J connectivity index is 3.01. The fourth-order valence-electron chi connectivity index (χ4n) is 2.55. The molecule has 0 bridgehead atoms. The molecule has 0 saturated heterocycles. The molecule has 0 saturated carbocycles. The Morgan fingerprint density at radius 2 is 1.41 bits per heavy atom. The van der Waals surface area contributed by atoms with E-state index < -0.39 is 0 Å². The molecule has 2 aromatic rings. The summed E-state index contributed by atoms with van der Waals surface area (Å²) < 4.78 is 21.8. The third-order valence-electron chi connectivity index (χ3n) is 3.61. The van der Waals surface area contributed by atoms with Crippen LogP contribution in [0.25, 0.3) is 10.8 Å². The van der Waals surface area contributed by atoms with E-state index >= 15 is 0 Å². The largest absolute Gasteiger partial charge is 0.496 e. The van der Waals surface area contributed by atoms with Crippen LogP contribution in [0.1, 0.15) is 23.7 Å². The second-order valence-corrected chi connectivity index (χ2v) is 4.66. The lowest BCUT2D eigenvalue weighted by molar-refractivity contribution is 0.0985. The van der Waals surface area contributed by atoms with E-state index in [4.69, 9.17) is 18.9 Å². The topological polar surface area (TPSA) is 54.0 Å². The molecule has 0 radical (unpaired) electrons. The van der Waals surface area contributed by atoms with Gasteiger partial charge in [0.2, 0.25) is 0 Å². The number of fused-ring (bicyclic) bond motifs is 1. The maximum absolute atomic E-state index is 12.3. The first-order valence-corrected chi connectivity index (χ1v) is 6.95. The maximum atomic E-state index is 12.3. The summed E-state index contributed by atoms with van der Waals surface area (Å²) in [5.74, 6) is 2.21. The molecule has 0 aliphatic heterocycles. The predicted octanol–water partition coefficient (Wildman–Crippen LogP) is 3.47. The lowest BCUT2D eigenvalue weighted by atomic mass is 9.99. The average Bonchev–Trinajstić information content (AvgIpc) is 2.58. The van der Waals surface area contributed by atoms with Crippen LogP contribution in [0, 0.1) is 0 Å². The molecular formula is C17H20O5. The van der Waals surface area contributed by atoms with Crippen molar-refractivity contribution in [2.45, 2.75) is 13.3 Å². The van der Waals surface area contributed by atoms with Crippen LogP contribution in [0.2, 0.25) is 0 Å². The minimum absolute atomic E-state index is 0.0260. The number of hydrogen-bond donors (Lipinski definition) is 0. The normalized spacial score (nSPS) is 10.4. The van der Waals surface area contributed by atoms with Crippen LogP contribution in [0.5, 0.6) is 23.0 Å². The van der Waals surface area contributed by atoms with Crippen molar-refractivity contribution in [3.8, 4) is 23.0 Å². The Bertz CT molecular complexity index is 706. The molecule has 0 aliphatic carbocycles. The van der Waals surface area contributed by atoms with E-state index in [0.717, 1.165) is 0 Å². The average molecular weight is 304 g/mol. The van der Waals surface area contributed by atoms with Gasteiger partial charge in [-0.25, -0.2) is 0 Å². The third kappa shape index (κ3) is 2.43. The Labute approximate surface area is 129 Å². The Morgan fingerprint density at radius 1 is 0.864 bits per heavy atom. The number of carbonyl (C=O) groups is 1. The molecule has 5 heteroatoms. The van der Waals surface area contributed by atoms with Crippen molar-refractivity contribution in [1.82, 2.24) is 0 Å². The minimum Gasteiger partial charge on any atom is -0.496 e. The van der Waals surface area contributed by atoms with E-state index in [1.807, 2.05) is 0 Å². The fraction of sp³-hybridized carbons (Fsp3) is 0.353. The molecule has 5 nitrogen and oxygen atoms in total. The second-order valence-electron chi connectivity index (χ2n) is 4.66. The first kappa shape index (κ1) is 15.9. The molecule has 0 fully saturated rings. The number of methoxy groups -OCH3 is 4. The minimum atomic E-state index is -0.0260. The molecular weight excluding hydrogens is 284 g/mol. The fourth-order valence-corrected chi connectivity index (χ4v) is 2.55. The smallest absolute Gasteiger partial charge is 0.166 e. The summed E-state index contributed by atoms with van der Waals surface area (Å²) in [5.41, 5.74) is 0.473. The van der Waals surface area contributed by atoms with Crippen LogP contribution >= 0.6 is 0 Å². The molecule has 0 aromatic heterocycles. The van der Waals surface area contributed by atoms with E-state index in [1.54, 1.807) is 46.5 Å². The lowest BCUT2D eigenvalue weighted by Crippen LogP contribution is -2.04. The van der Waals surface area contributed by atoms with Crippen molar-refractivity contribution in [3.63, 3.8) is 0 Å². The molecule has 0 heterocycles. The Kier molecular flexibility index (Phi) is 4.75. The number of hydrogen-bond acceptors (Lipinski definition) is 5. The molecule has 0 spiro atoms. The monoisotopic (exact) mass is 304 g/mol. The number of rotatable bonds is 6. The Hall–Kier alpha value is -2.43. The first-order valence-electron chi connectivity index (χ1n) is 6.95. The van der Waals surface area contributed by atoms with Gasteiger partial charge in [0.05, 0.1) is 44.8 Å². The molecule has 2 rings (SSSR count). The molecule has 0 N–H and O–H groups in total. The van der Waals surface area contributed by atoms with Gasteiger partial charge < -0.3 is 18.9 Å². The van der Waals surface area contributed by atoms with E-state index in [9.17, 15) is 4.79 Å². The van der Waals surface area contributed by atoms with Gasteiger partial charge in [0.15, 0.2) is 5.78 Å². The van der Waals surface area contributed by atoms with Gasteiger partial charge in [-0.2, -0.15) is 0 Å². The standard InChI is InChI=1S/C17H20O5/c1-6-11(18)10-9-14(21-4)15-12(19-2)7-8-13(20-3)16(15)17(10)22-5/h7-9H,6H2,1-5H3. The third-order valence-corrected chi connectivity index (χ3v) is 3.61. The summed E-state index contributed by atoms with van der Waals surface area (Å²) in [4.78, 5) is 12.3. The summed E-state index contributed by atoms with van der Waals surface area (Å²) in [5, 5.41) is 1.38. The van der Waals surface area contributed by atoms with Gasteiger partial charge in [-0.1, -0.05) is 6.92 Å². The summed E-state index contributed by atoms with van der Waals surface area (Å²) in [6.07, 6.45) is 0.372. The molecule has 0 amide bonds. The summed E-state index contributed by atoms with van der Waals surface area (Å²) >= 11 is 0. The van der Waals surface area contributed by atoms with Crippen LogP contribution in [0.4, 0.5) is 0 Å². The second kappa shape index (κ2) is 6.56. The van der Waals surface area contributed by atoms with Crippen LogP contribution < -0.4 is 18.9 Å². The number of ether oxygens (including phenoxy) is 4. The summed E-state index contributed by atoms with van der Waals surface area (Å²) in [6, 6.07) is 5.27. The zero-order chi connectivity index (χ0) is 16.3. The highest BCUT2D eigenvalue weighted by molar-refractivity contribution is 6.10. The van der Waals surface area contributed by atoms with Crippen molar-refractivity contribution in [1.29, 1.82) is 0 Å². The zero-order valence-electron chi connectivity index (χ0n) is 13.5. The van der Waals surface area contributed by atoms with Gasteiger partial charge in [-0.3, -0.25) is 4.79 Å². The van der Waals surface area contributed by atoms with Crippen LogP contribution in [-0.2, 0) is 0 Å². The van der Waals surface area contributed by atoms with Gasteiger partial charge in [-0.05, 0) is 18.2 Å². The quantitative estimate of drug-likeness (QED) is 0.765. The van der Waals surface area contributed by atoms with Gasteiger partial charge in [-0.15, -0.1) is 0 Å². The first-order chi connectivity index (χ1) is 10.6. The number of Topliss-reactive ketones (excluding diaryl/α,β-unsaturated/α-hetero) is 1. The summed E-state index contributed by atoms with van der Waals surface area (Å²) in [7, 11) is 6.24. The Morgan fingerprint density at radius 3 is 1.86 bits per heavy atom. The van der Waals surface area contributed by atoms with Crippen molar-refractivity contribution in [2.24, 2.45) is 0 Å². The molecule has 2 aromatic carbocycles. The highest BCUT2D eigenvalue weighted by Crippen LogP contribution is 2.46. The van der Waals surface area contributed by atoms with Crippen molar-refractivity contribution >= 4 is 16.6 Å². The van der Waals surface area contributed by atoms with Crippen LogP contribution in [0.15, 0.2) is 18.2 Å². The predicted molar refractivity (Wildman–Crippen MR) is 84.8 cm³/mol. The highest BCUT2D eigenvalue weighted by atomic mass is 16.5. The maximum Gasteiger partial charge on any atom is 0.166 e. The zero-order valence-corrected chi connectivity index (χ0v) is 13.5. The van der Waals surface area contributed by atoms with E-state index in [-0.39, 0.29) is 5.78 Å². The highest BCUT2D eigenvalue weighted by Gasteiger charge is 2.23. The molecule has 118 valence electrons. The van der Waals surface area contributed by atoms with Crippen LogP contribution in [0.3, 0.4) is 0 Å². The van der Waals surface area contributed by atoms with E-state index in [2.05, 4.69) is 0 Å². The van der Waals surface area contributed by atoms with Gasteiger partial charge in [0, 0.05) is 6.42 Å². The number of carbonyl (C=O) groups excluding carboxylic acids is 1. The van der Waals surface area contributed by atoms with Crippen molar-refractivity contribution in [2.75, 3.05) is 28.4 Å². The molecule has 0 atom stereocenters. The SMILES string of the molecule is CCC(=O)c1cc(OC)c2c(OC)ccc(OC)c2c1OC. The number of benzene rings is 2. The van der Waals surface area contributed by atoms with E-state index in [0.29, 0.717) is 45.8 Å². The number of ketones is 1. The van der Waals surface area contributed by atoms with Crippen molar-refractivity contribution < 1.29 is 23.7 Å². The summed E-state index contributed by atoms with van der Waals surface area (Å²) in [6.45, 7) is 1.81. The van der Waals surface area contributed by atoms with E-state index in [1.165, 1.54) is 7.11 Å². The van der Waals surface area contributed by atoms with Gasteiger partial charge in [0.1, 0.15) is 23.0 Å². The van der Waals surface area contributed by atoms with Crippen LogP contribution in [-0.4, -0.2) is 34.2 Å². The van der Waals surface area contributed by atoms with Gasteiger partial charge in [0.25, 0.3) is 0 Å². The molecule has 22 heavy (non-hydrogen) atoms. The molecule has 0 unspecified atom stereocenters. The van der Waals surface area contributed by atoms with Crippen molar-refractivity contribution in [3.05, 3.63) is 23.8 Å².